The first-order valence-corrected chi connectivity index (χ1v) is 6.46. The smallest absolute Gasteiger partial charge is 0.0791 e. The van der Waals surface area contributed by atoms with Crippen LogP contribution in [0, 0.1) is 0 Å². The van der Waals surface area contributed by atoms with Crippen molar-refractivity contribution >= 4 is 11.3 Å². The van der Waals surface area contributed by atoms with E-state index < -0.39 is 0 Å². The minimum atomic E-state index is 0.301. The summed E-state index contributed by atoms with van der Waals surface area (Å²) < 4.78 is 1.96. The summed E-state index contributed by atoms with van der Waals surface area (Å²) >= 11 is 1.78. The molecule has 1 atom stereocenters. The fraction of sp³-hybridized carbons (Fsp3) is 0.417. The molecule has 0 aliphatic rings. The molecule has 0 saturated heterocycles. The number of aromatic nitrogens is 2. The quantitative estimate of drug-likeness (QED) is 0.863. The molecule has 0 aliphatic carbocycles. The van der Waals surface area contributed by atoms with Crippen LogP contribution in [0.2, 0.25) is 0 Å². The van der Waals surface area contributed by atoms with E-state index in [4.69, 9.17) is 0 Å². The van der Waals surface area contributed by atoms with Crippen LogP contribution in [0.3, 0.4) is 0 Å². The van der Waals surface area contributed by atoms with E-state index in [9.17, 15) is 0 Å². The first-order chi connectivity index (χ1) is 7.79. The van der Waals surface area contributed by atoms with E-state index in [1.54, 1.807) is 11.3 Å². The average Bonchev–Trinajstić information content (AvgIpc) is 2.96. The highest BCUT2D eigenvalue weighted by molar-refractivity contribution is 7.09. The Morgan fingerprint density at radius 1 is 1.50 bits per heavy atom. The molecule has 0 spiro atoms. The Balaban J connectivity index is 1.90. The van der Waals surface area contributed by atoms with Gasteiger partial charge >= 0.3 is 0 Å². The number of nitrogens with zero attached hydrogens (tertiary/aromatic N) is 2. The van der Waals surface area contributed by atoms with Gasteiger partial charge in [0.25, 0.3) is 0 Å². The molecule has 1 unspecified atom stereocenters. The highest BCUT2D eigenvalue weighted by Crippen LogP contribution is 2.13. The summed E-state index contributed by atoms with van der Waals surface area (Å²) in [5, 5.41) is 10.1. The predicted molar refractivity (Wildman–Crippen MR) is 67.5 cm³/mol. The standard InChI is InChI=1S/C12H17N3S/c1-3-15-7-6-12(14-15)10(2)13-9-11-5-4-8-16-11/h4-8,10,13H,3,9H2,1-2H3. The lowest BCUT2D eigenvalue weighted by atomic mass is 10.2. The molecule has 0 fully saturated rings. The van der Waals surface area contributed by atoms with Crippen LogP contribution >= 0.6 is 11.3 Å². The van der Waals surface area contributed by atoms with E-state index >= 15 is 0 Å². The normalized spacial score (nSPS) is 12.9. The van der Waals surface area contributed by atoms with Crippen molar-refractivity contribution in [3.05, 3.63) is 40.3 Å². The maximum Gasteiger partial charge on any atom is 0.0791 e. The largest absolute Gasteiger partial charge is 0.304 e. The summed E-state index contributed by atoms with van der Waals surface area (Å²) in [5.74, 6) is 0. The molecular formula is C12H17N3S. The second-order valence-electron chi connectivity index (χ2n) is 3.78. The Labute approximate surface area is 100 Å². The number of nitrogens with one attached hydrogen (secondary N) is 1. The summed E-state index contributed by atoms with van der Waals surface area (Å²) in [6.45, 7) is 6.09. The van der Waals surface area contributed by atoms with Gasteiger partial charge in [-0.2, -0.15) is 5.10 Å². The van der Waals surface area contributed by atoms with Gasteiger partial charge in [-0.05, 0) is 31.4 Å². The number of aryl methyl sites for hydroxylation is 1. The molecule has 0 aromatic carbocycles. The molecule has 2 rings (SSSR count). The van der Waals surface area contributed by atoms with Crippen molar-refractivity contribution in [1.29, 1.82) is 0 Å². The summed E-state index contributed by atoms with van der Waals surface area (Å²) in [6, 6.07) is 6.61. The van der Waals surface area contributed by atoms with E-state index in [0.29, 0.717) is 6.04 Å². The number of thiophene rings is 1. The van der Waals surface area contributed by atoms with Gasteiger partial charge in [0.05, 0.1) is 5.69 Å². The highest BCUT2D eigenvalue weighted by Gasteiger charge is 2.07. The van der Waals surface area contributed by atoms with E-state index in [1.807, 2.05) is 10.9 Å². The van der Waals surface area contributed by atoms with Crippen LogP contribution in [0.25, 0.3) is 0 Å². The van der Waals surface area contributed by atoms with E-state index in [1.165, 1.54) is 4.88 Å². The molecule has 0 bridgehead atoms. The number of rotatable bonds is 5. The van der Waals surface area contributed by atoms with Crippen LogP contribution in [0.15, 0.2) is 29.8 Å². The minimum absolute atomic E-state index is 0.301. The third kappa shape index (κ3) is 2.71. The molecule has 0 aliphatic heterocycles. The zero-order valence-electron chi connectivity index (χ0n) is 9.68. The Morgan fingerprint density at radius 3 is 3.00 bits per heavy atom. The fourth-order valence-corrected chi connectivity index (χ4v) is 2.21. The molecule has 1 N–H and O–H groups in total. The van der Waals surface area contributed by atoms with Gasteiger partial charge in [0.2, 0.25) is 0 Å². The van der Waals surface area contributed by atoms with E-state index in [0.717, 1.165) is 18.8 Å². The highest BCUT2D eigenvalue weighted by atomic mass is 32.1. The van der Waals surface area contributed by atoms with Crippen molar-refractivity contribution in [2.45, 2.75) is 33.0 Å². The fourth-order valence-electron chi connectivity index (χ4n) is 1.56. The van der Waals surface area contributed by atoms with E-state index in [2.05, 4.69) is 47.8 Å². The molecule has 0 saturated carbocycles. The molecule has 86 valence electrons. The Morgan fingerprint density at radius 2 is 2.38 bits per heavy atom. The molecule has 3 nitrogen and oxygen atoms in total. The summed E-state index contributed by atoms with van der Waals surface area (Å²) in [5.41, 5.74) is 1.11. The zero-order chi connectivity index (χ0) is 11.4. The lowest BCUT2D eigenvalue weighted by Crippen LogP contribution is -2.18. The molecule has 2 aromatic rings. The van der Waals surface area contributed by atoms with Crippen LogP contribution in [0.1, 0.15) is 30.5 Å². The summed E-state index contributed by atoms with van der Waals surface area (Å²) in [4.78, 5) is 1.36. The van der Waals surface area contributed by atoms with Crippen molar-refractivity contribution in [3.8, 4) is 0 Å². The third-order valence-electron chi connectivity index (χ3n) is 2.59. The van der Waals surface area contributed by atoms with Gasteiger partial charge in [-0.15, -0.1) is 11.3 Å². The van der Waals surface area contributed by atoms with Gasteiger partial charge in [0.15, 0.2) is 0 Å². The van der Waals surface area contributed by atoms with Gasteiger partial charge in [0.1, 0.15) is 0 Å². The van der Waals surface area contributed by atoms with Crippen molar-refractivity contribution in [3.63, 3.8) is 0 Å². The molecule has 16 heavy (non-hydrogen) atoms. The van der Waals surface area contributed by atoms with Crippen LogP contribution in [0.5, 0.6) is 0 Å². The van der Waals surface area contributed by atoms with Gasteiger partial charge in [-0.1, -0.05) is 6.07 Å². The Bertz CT molecular complexity index is 419. The van der Waals surface area contributed by atoms with Crippen LogP contribution < -0.4 is 5.32 Å². The van der Waals surface area contributed by atoms with Gasteiger partial charge < -0.3 is 5.32 Å². The van der Waals surface area contributed by atoms with Crippen molar-refractivity contribution in [1.82, 2.24) is 15.1 Å². The predicted octanol–water partition coefficient (Wildman–Crippen LogP) is 2.82. The maximum atomic E-state index is 4.49. The van der Waals surface area contributed by atoms with Crippen molar-refractivity contribution < 1.29 is 0 Å². The van der Waals surface area contributed by atoms with Crippen molar-refractivity contribution in [2.24, 2.45) is 0 Å². The first kappa shape index (κ1) is 11.4. The number of hydrogen-bond acceptors (Lipinski definition) is 3. The molecule has 4 heteroatoms. The Hall–Kier alpha value is -1.13. The second-order valence-corrected chi connectivity index (χ2v) is 4.81. The molecule has 2 heterocycles. The SMILES string of the molecule is CCn1ccc(C(C)NCc2cccs2)n1. The van der Waals surface area contributed by atoms with Crippen LogP contribution in [-0.2, 0) is 13.1 Å². The van der Waals surface area contributed by atoms with Gasteiger partial charge in [0, 0.05) is 30.2 Å². The lowest BCUT2D eigenvalue weighted by molar-refractivity contribution is 0.545. The molecular weight excluding hydrogens is 218 g/mol. The molecule has 0 amide bonds. The van der Waals surface area contributed by atoms with Gasteiger partial charge in [-0.25, -0.2) is 0 Å². The van der Waals surface area contributed by atoms with Gasteiger partial charge in [-0.3, -0.25) is 4.68 Å². The topological polar surface area (TPSA) is 29.9 Å². The third-order valence-corrected chi connectivity index (χ3v) is 3.47. The second kappa shape index (κ2) is 5.27. The zero-order valence-corrected chi connectivity index (χ0v) is 10.5. The Kier molecular flexibility index (Phi) is 3.74. The maximum absolute atomic E-state index is 4.49. The van der Waals surface area contributed by atoms with Crippen LogP contribution in [-0.4, -0.2) is 9.78 Å². The average molecular weight is 235 g/mol. The lowest BCUT2D eigenvalue weighted by Gasteiger charge is -2.10. The number of hydrogen-bond donors (Lipinski definition) is 1. The first-order valence-electron chi connectivity index (χ1n) is 5.58. The minimum Gasteiger partial charge on any atom is -0.304 e. The van der Waals surface area contributed by atoms with Crippen molar-refractivity contribution in [2.75, 3.05) is 0 Å². The van der Waals surface area contributed by atoms with Crippen LogP contribution in [0.4, 0.5) is 0 Å². The summed E-state index contributed by atoms with van der Waals surface area (Å²) in [6.07, 6.45) is 2.03. The monoisotopic (exact) mass is 235 g/mol. The molecule has 2 aromatic heterocycles. The summed E-state index contributed by atoms with van der Waals surface area (Å²) in [7, 11) is 0. The molecule has 0 radical (unpaired) electrons. The van der Waals surface area contributed by atoms with E-state index in [-0.39, 0.29) is 0 Å².